The standard InChI is InChI=1S/C10H13NO3/c1-10(11,7-12)9(13)14-8-5-3-2-4-6-8/h2-6,12H,7,11H2,1H3/t10-/m0/s1. The molecule has 0 fully saturated rings. The van der Waals surface area contributed by atoms with Gasteiger partial charge in [0, 0.05) is 0 Å². The lowest BCUT2D eigenvalue weighted by molar-refractivity contribution is -0.141. The van der Waals surface area contributed by atoms with E-state index in [9.17, 15) is 4.79 Å². The van der Waals surface area contributed by atoms with Gasteiger partial charge in [-0.2, -0.15) is 0 Å². The first-order valence-corrected chi connectivity index (χ1v) is 4.23. The number of hydrogen-bond donors (Lipinski definition) is 2. The molecular weight excluding hydrogens is 182 g/mol. The lowest BCUT2D eigenvalue weighted by Crippen LogP contribution is -2.50. The molecule has 0 heterocycles. The Labute approximate surface area is 82.3 Å². The highest BCUT2D eigenvalue weighted by Gasteiger charge is 2.29. The molecule has 1 aromatic rings. The van der Waals surface area contributed by atoms with Crippen LogP contribution in [0.3, 0.4) is 0 Å². The van der Waals surface area contributed by atoms with Crippen LogP contribution in [0, 0.1) is 0 Å². The Morgan fingerprint density at radius 3 is 2.57 bits per heavy atom. The van der Waals surface area contributed by atoms with Crippen LogP contribution in [-0.2, 0) is 4.79 Å². The van der Waals surface area contributed by atoms with E-state index < -0.39 is 18.1 Å². The molecular formula is C10H13NO3. The number of rotatable bonds is 3. The molecule has 3 N–H and O–H groups in total. The average Bonchev–Trinajstić information content (AvgIpc) is 2.19. The molecule has 1 aromatic carbocycles. The molecule has 0 aliphatic rings. The lowest BCUT2D eigenvalue weighted by atomic mass is 10.1. The molecule has 0 saturated carbocycles. The Hall–Kier alpha value is -1.39. The summed E-state index contributed by atoms with van der Waals surface area (Å²) in [5.41, 5.74) is 4.13. The molecule has 0 aromatic heterocycles. The second-order valence-electron chi connectivity index (χ2n) is 3.28. The van der Waals surface area contributed by atoms with Gasteiger partial charge in [-0.3, -0.25) is 0 Å². The van der Waals surface area contributed by atoms with Gasteiger partial charge in [0.2, 0.25) is 0 Å². The third-order valence-corrected chi connectivity index (χ3v) is 1.75. The highest BCUT2D eigenvalue weighted by molar-refractivity contribution is 5.82. The van der Waals surface area contributed by atoms with Crippen LogP contribution in [0.5, 0.6) is 5.75 Å². The third-order valence-electron chi connectivity index (χ3n) is 1.75. The first-order chi connectivity index (χ1) is 6.56. The van der Waals surface area contributed by atoms with Crippen molar-refractivity contribution in [2.45, 2.75) is 12.5 Å². The number of aliphatic hydroxyl groups excluding tert-OH is 1. The van der Waals surface area contributed by atoms with Gasteiger partial charge in [0.1, 0.15) is 11.3 Å². The molecule has 0 unspecified atom stereocenters. The van der Waals surface area contributed by atoms with Gasteiger partial charge in [-0.05, 0) is 19.1 Å². The zero-order valence-electron chi connectivity index (χ0n) is 7.93. The summed E-state index contributed by atoms with van der Waals surface area (Å²) in [6, 6.07) is 8.59. The van der Waals surface area contributed by atoms with Crippen molar-refractivity contribution in [2.24, 2.45) is 5.73 Å². The van der Waals surface area contributed by atoms with E-state index in [2.05, 4.69) is 0 Å². The quantitative estimate of drug-likeness (QED) is 0.537. The summed E-state index contributed by atoms with van der Waals surface area (Å²) >= 11 is 0. The van der Waals surface area contributed by atoms with Gasteiger partial charge in [-0.1, -0.05) is 18.2 Å². The first-order valence-electron chi connectivity index (χ1n) is 4.23. The molecule has 0 saturated heterocycles. The predicted molar refractivity (Wildman–Crippen MR) is 51.8 cm³/mol. The fourth-order valence-corrected chi connectivity index (χ4v) is 0.777. The van der Waals surface area contributed by atoms with Crippen molar-refractivity contribution in [3.05, 3.63) is 30.3 Å². The summed E-state index contributed by atoms with van der Waals surface area (Å²) in [4.78, 5) is 11.4. The minimum atomic E-state index is -1.35. The van der Waals surface area contributed by atoms with Crippen LogP contribution in [0.2, 0.25) is 0 Å². The van der Waals surface area contributed by atoms with Gasteiger partial charge in [-0.25, -0.2) is 4.79 Å². The average molecular weight is 195 g/mol. The molecule has 4 heteroatoms. The Morgan fingerprint density at radius 1 is 1.50 bits per heavy atom. The maximum Gasteiger partial charge on any atom is 0.333 e. The number of hydrogen-bond acceptors (Lipinski definition) is 4. The van der Waals surface area contributed by atoms with Crippen LogP contribution in [-0.4, -0.2) is 23.2 Å². The topological polar surface area (TPSA) is 72.5 Å². The largest absolute Gasteiger partial charge is 0.425 e. The van der Waals surface area contributed by atoms with E-state index in [0.717, 1.165) is 0 Å². The van der Waals surface area contributed by atoms with E-state index in [1.54, 1.807) is 24.3 Å². The number of benzene rings is 1. The summed E-state index contributed by atoms with van der Waals surface area (Å²) in [5.74, 6) is -0.228. The Kier molecular flexibility index (Phi) is 3.22. The smallest absolute Gasteiger partial charge is 0.333 e. The fraction of sp³-hybridized carbons (Fsp3) is 0.300. The number of carbonyl (C=O) groups excluding carboxylic acids is 1. The molecule has 0 radical (unpaired) electrons. The molecule has 0 aliphatic heterocycles. The van der Waals surface area contributed by atoms with Gasteiger partial charge in [-0.15, -0.1) is 0 Å². The Balaban J connectivity index is 2.67. The lowest BCUT2D eigenvalue weighted by Gasteiger charge is -2.18. The monoisotopic (exact) mass is 195 g/mol. The minimum Gasteiger partial charge on any atom is -0.425 e. The second-order valence-corrected chi connectivity index (χ2v) is 3.28. The predicted octanol–water partition coefficient (Wildman–Crippen LogP) is 0.302. The summed E-state index contributed by atoms with van der Waals surface area (Å²) in [6.45, 7) is 0.969. The molecule has 1 rings (SSSR count). The SMILES string of the molecule is C[C@](N)(CO)C(=O)Oc1ccccc1. The zero-order valence-corrected chi connectivity index (χ0v) is 7.93. The number of carbonyl (C=O) groups is 1. The van der Waals surface area contributed by atoms with Gasteiger partial charge in [0.15, 0.2) is 0 Å². The van der Waals surface area contributed by atoms with Crippen molar-refractivity contribution in [2.75, 3.05) is 6.61 Å². The van der Waals surface area contributed by atoms with E-state index in [1.165, 1.54) is 6.92 Å². The number of para-hydroxylation sites is 1. The first kappa shape index (κ1) is 10.7. The molecule has 0 amide bonds. The van der Waals surface area contributed by atoms with Crippen molar-refractivity contribution in [1.29, 1.82) is 0 Å². The van der Waals surface area contributed by atoms with Gasteiger partial charge >= 0.3 is 5.97 Å². The normalized spacial score (nSPS) is 14.5. The maximum atomic E-state index is 11.4. The Bertz CT molecular complexity index is 308. The minimum absolute atomic E-state index is 0.419. The highest BCUT2D eigenvalue weighted by Crippen LogP contribution is 2.11. The molecule has 0 spiro atoms. The van der Waals surface area contributed by atoms with E-state index in [0.29, 0.717) is 5.75 Å². The zero-order chi connectivity index (χ0) is 10.6. The van der Waals surface area contributed by atoms with Crippen molar-refractivity contribution in [3.63, 3.8) is 0 Å². The number of esters is 1. The summed E-state index contributed by atoms with van der Waals surface area (Å²) in [7, 11) is 0. The van der Waals surface area contributed by atoms with Crippen LogP contribution in [0.15, 0.2) is 30.3 Å². The number of ether oxygens (including phenoxy) is 1. The highest BCUT2D eigenvalue weighted by atomic mass is 16.5. The van der Waals surface area contributed by atoms with Crippen molar-refractivity contribution in [1.82, 2.24) is 0 Å². The van der Waals surface area contributed by atoms with Gasteiger partial charge < -0.3 is 15.6 Å². The third kappa shape index (κ3) is 2.55. The Morgan fingerprint density at radius 2 is 2.07 bits per heavy atom. The molecule has 0 aliphatic carbocycles. The van der Waals surface area contributed by atoms with Crippen LogP contribution >= 0.6 is 0 Å². The van der Waals surface area contributed by atoms with Crippen molar-refractivity contribution >= 4 is 5.97 Å². The maximum absolute atomic E-state index is 11.4. The van der Waals surface area contributed by atoms with Crippen molar-refractivity contribution in [3.8, 4) is 5.75 Å². The molecule has 14 heavy (non-hydrogen) atoms. The number of aliphatic hydroxyl groups is 1. The second kappa shape index (κ2) is 4.21. The van der Waals surface area contributed by atoms with Crippen LogP contribution < -0.4 is 10.5 Å². The van der Waals surface area contributed by atoms with Crippen LogP contribution in [0.4, 0.5) is 0 Å². The number of nitrogens with two attached hydrogens (primary N) is 1. The van der Waals surface area contributed by atoms with E-state index in [4.69, 9.17) is 15.6 Å². The molecule has 1 atom stereocenters. The van der Waals surface area contributed by atoms with E-state index in [1.807, 2.05) is 6.07 Å². The summed E-state index contributed by atoms with van der Waals surface area (Å²) < 4.78 is 4.95. The van der Waals surface area contributed by atoms with Gasteiger partial charge in [0.05, 0.1) is 6.61 Å². The molecule has 0 bridgehead atoms. The fourth-order valence-electron chi connectivity index (χ4n) is 0.777. The van der Waals surface area contributed by atoms with Gasteiger partial charge in [0.25, 0.3) is 0 Å². The van der Waals surface area contributed by atoms with Crippen molar-refractivity contribution < 1.29 is 14.6 Å². The molecule has 4 nitrogen and oxygen atoms in total. The van der Waals surface area contributed by atoms with E-state index in [-0.39, 0.29) is 0 Å². The van der Waals surface area contributed by atoms with Crippen LogP contribution in [0.1, 0.15) is 6.92 Å². The van der Waals surface area contributed by atoms with E-state index >= 15 is 0 Å². The summed E-state index contributed by atoms with van der Waals surface area (Å²) in [5, 5.41) is 8.82. The van der Waals surface area contributed by atoms with Crippen LogP contribution in [0.25, 0.3) is 0 Å². The summed E-state index contributed by atoms with van der Waals surface area (Å²) in [6.07, 6.45) is 0. The molecule has 76 valence electrons.